The van der Waals surface area contributed by atoms with Crippen molar-refractivity contribution in [1.82, 2.24) is 9.88 Å². The average Bonchev–Trinajstić information content (AvgIpc) is 2.53. The Morgan fingerprint density at radius 2 is 2.06 bits per heavy atom. The number of carboxylic acid groups (broad SMARTS) is 1. The molecule has 84 valence electrons. The smallest absolute Gasteiger partial charge is 0.414 e. The van der Waals surface area contributed by atoms with Gasteiger partial charge in [-0.1, -0.05) is 23.2 Å². The number of rotatable bonds is 0. The zero-order chi connectivity index (χ0) is 12.0. The molecule has 1 aliphatic heterocycles. The Kier molecular flexibility index (Phi) is 2.47. The van der Waals surface area contributed by atoms with Gasteiger partial charge in [0.1, 0.15) is 5.15 Å². The predicted molar refractivity (Wildman–Crippen MR) is 52.1 cm³/mol. The molecule has 0 saturated carbocycles. The molecule has 0 fully saturated rings. The number of pyridine rings is 1. The molecule has 1 aliphatic rings. The standard InChI is InChI=1S/C8H3Cl2FN2O3/c9-5-3-2(4(11)6(10)12-5)1-13(7(3)14)8(15)16/h1H2,(H,15,16). The van der Waals surface area contributed by atoms with E-state index in [2.05, 4.69) is 4.98 Å². The van der Waals surface area contributed by atoms with Crippen molar-refractivity contribution in [3.63, 3.8) is 0 Å². The minimum atomic E-state index is -1.48. The maximum absolute atomic E-state index is 13.5. The molecule has 1 N–H and O–H groups in total. The zero-order valence-electron chi connectivity index (χ0n) is 7.50. The second-order valence-electron chi connectivity index (χ2n) is 3.03. The molecular formula is C8H3Cl2FN2O3. The Hall–Kier alpha value is -1.40. The number of amides is 2. The summed E-state index contributed by atoms with van der Waals surface area (Å²) >= 11 is 11.0. The molecule has 0 atom stereocenters. The first-order valence-corrected chi connectivity index (χ1v) is 4.77. The van der Waals surface area contributed by atoms with E-state index in [-0.39, 0.29) is 16.3 Å². The van der Waals surface area contributed by atoms with Crippen LogP contribution in [-0.2, 0) is 6.54 Å². The number of aromatic nitrogens is 1. The summed E-state index contributed by atoms with van der Waals surface area (Å²) in [6.45, 7) is -0.405. The predicted octanol–water partition coefficient (Wildman–Crippen LogP) is 2.16. The van der Waals surface area contributed by atoms with Crippen molar-refractivity contribution in [1.29, 1.82) is 0 Å². The van der Waals surface area contributed by atoms with Crippen LogP contribution in [0.2, 0.25) is 10.3 Å². The molecule has 0 aliphatic carbocycles. The van der Waals surface area contributed by atoms with Crippen LogP contribution in [0, 0.1) is 5.82 Å². The highest BCUT2D eigenvalue weighted by molar-refractivity contribution is 6.35. The molecule has 2 heterocycles. The highest BCUT2D eigenvalue weighted by Crippen LogP contribution is 2.32. The topological polar surface area (TPSA) is 70.5 Å². The van der Waals surface area contributed by atoms with Crippen molar-refractivity contribution < 1.29 is 19.1 Å². The van der Waals surface area contributed by atoms with E-state index in [1.54, 1.807) is 0 Å². The Morgan fingerprint density at radius 1 is 1.44 bits per heavy atom. The summed E-state index contributed by atoms with van der Waals surface area (Å²) in [5.41, 5.74) is -0.386. The van der Waals surface area contributed by atoms with E-state index in [1.807, 2.05) is 0 Å². The largest absolute Gasteiger partial charge is 0.465 e. The van der Waals surface area contributed by atoms with Gasteiger partial charge in [-0.05, 0) is 0 Å². The highest BCUT2D eigenvalue weighted by atomic mass is 35.5. The number of halogens is 3. The average molecular weight is 265 g/mol. The zero-order valence-corrected chi connectivity index (χ0v) is 9.01. The summed E-state index contributed by atoms with van der Waals surface area (Å²) in [7, 11) is 0. The summed E-state index contributed by atoms with van der Waals surface area (Å²) in [5.74, 6) is -1.81. The van der Waals surface area contributed by atoms with Crippen molar-refractivity contribution in [3.8, 4) is 0 Å². The molecule has 0 unspecified atom stereocenters. The molecule has 0 saturated heterocycles. The maximum Gasteiger partial charge on any atom is 0.414 e. The van der Waals surface area contributed by atoms with Gasteiger partial charge in [0.2, 0.25) is 0 Å². The lowest BCUT2D eigenvalue weighted by Gasteiger charge is -2.06. The van der Waals surface area contributed by atoms with Crippen LogP contribution >= 0.6 is 23.2 Å². The third kappa shape index (κ3) is 1.42. The number of hydrogen-bond acceptors (Lipinski definition) is 3. The van der Waals surface area contributed by atoms with E-state index < -0.39 is 29.5 Å². The van der Waals surface area contributed by atoms with Gasteiger partial charge in [0.25, 0.3) is 5.91 Å². The van der Waals surface area contributed by atoms with Gasteiger partial charge in [0.15, 0.2) is 11.0 Å². The van der Waals surface area contributed by atoms with Crippen LogP contribution in [0.25, 0.3) is 0 Å². The Morgan fingerprint density at radius 3 is 2.62 bits per heavy atom. The maximum atomic E-state index is 13.5. The van der Waals surface area contributed by atoms with Gasteiger partial charge in [0, 0.05) is 5.56 Å². The molecule has 0 spiro atoms. The Balaban J connectivity index is 2.64. The minimum Gasteiger partial charge on any atom is -0.465 e. The molecule has 8 heteroatoms. The third-order valence-electron chi connectivity index (χ3n) is 2.16. The lowest BCUT2D eigenvalue weighted by molar-refractivity contribution is 0.0763. The van der Waals surface area contributed by atoms with Gasteiger partial charge in [-0.3, -0.25) is 4.79 Å². The van der Waals surface area contributed by atoms with Crippen molar-refractivity contribution >= 4 is 35.2 Å². The van der Waals surface area contributed by atoms with Gasteiger partial charge in [-0.2, -0.15) is 0 Å². The molecule has 2 rings (SSSR count). The quantitative estimate of drug-likeness (QED) is 0.729. The summed E-state index contributed by atoms with van der Waals surface area (Å²) in [6, 6.07) is 0. The van der Waals surface area contributed by atoms with Crippen LogP contribution < -0.4 is 0 Å². The van der Waals surface area contributed by atoms with Crippen LogP contribution in [0.3, 0.4) is 0 Å². The van der Waals surface area contributed by atoms with Crippen molar-refractivity contribution in [3.05, 3.63) is 27.3 Å². The number of nitrogens with zero attached hydrogens (tertiary/aromatic N) is 2. The van der Waals surface area contributed by atoms with Crippen molar-refractivity contribution in [2.24, 2.45) is 0 Å². The third-order valence-corrected chi connectivity index (χ3v) is 2.68. The highest BCUT2D eigenvalue weighted by Gasteiger charge is 2.37. The van der Waals surface area contributed by atoms with Crippen LogP contribution in [0.15, 0.2) is 0 Å². The first kappa shape index (κ1) is 11.1. The summed E-state index contributed by atoms with van der Waals surface area (Å²) in [5, 5.41) is 7.91. The van der Waals surface area contributed by atoms with Gasteiger partial charge in [0.05, 0.1) is 12.1 Å². The van der Waals surface area contributed by atoms with Crippen molar-refractivity contribution in [2.75, 3.05) is 0 Å². The fourth-order valence-corrected chi connectivity index (χ4v) is 1.96. The summed E-state index contributed by atoms with van der Waals surface area (Å²) in [6.07, 6.45) is -1.48. The normalized spacial score (nSPS) is 14.2. The molecule has 0 radical (unpaired) electrons. The molecule has 1 aromatic rings. The lowest BCUT2D eigenvalue weighted by atomic mass is 10.2. The first-order valence-electron chi connectivity index (χ1n) is 4.01. The second kappa shape index (κ2) is 3.57. The SMILES string of the molecule is O=C(O)N1Cc2c(F)c(Cl)nc(Cl)c2C1=O. The lowest BCUT2D eigenvalue weighted by Crippen LogP contribution is -2.29. The molecule has 0 aromatic carbocycles. The first-order chi connectivity index (χ1) is 7.43. The van der Waals surface area contributed by atoms with Gasteiger partial charge >= 0.3 is 6.09 Å². The molecule has 1 aromatic heterocycles. The fourth-order valence-electron chi connectivity index (χ4n) is 1.44. The van der Waals surface area contributed by atoms with E-state index in [4.69, 9.17) is 28.3 Å². The second-order valence-corrected chi connectivity index (χ2v) is 3.75. The number of carbonyl (C=O) groups excluding carboxylic acids is 1. The fraction of sp³-hybridized carbons (Fsp3) is 0.125. The number of hydrogen-bond donors (Lipinski definition) is 1. The van der Waals surface area contributed by atoms with Crippen LogP contribution in [0.1, 0.15) is 15.9 Å². The number of fused-ring (bicyclic) bond motifs is 1. The molecule has 16 heavy (non-hydrogen) atoms. The van der Waals surface area contributed by atoms with Crippen LogP contribution in [0.4, 0.5) is 9.18 Å². The van der Waals surface area contributed by atoms with E-state index in [9.17, 15) is 14.0 Å². The summed E-state index contributed by atoms with van der Waals surface area (Å²) in [4.78, 5) is 26.1. The minimum absolute atomic E-state index is 0.141. The molecule has 5 nitrogen and oxygen atoms in total. The van der Waals surface area contributed by atoms with Crippen LogP contribution in [0.5, 0.6) is 0 Å². The molecule has 2 amide bonds. The van der Waals surface area contributed by atoms with E-state index in [0.717, 1.165) is 0 Å². The molecule has 0 bridgehead atoms. The van der Waals surface area contributed by atoms with E-state index in [1.165, 1.54) is 0 Å². The Bertz CT molecular complexity index is 520. The van der Waals surface area contributed by atoms with Gasteiger partial charge in [-0.15, -0.1) is 0 Å². The van der Waals surface area contributed by atoms with Crippen molar-refractivity contribution in [2.45, 2.75) is 6.54 Å². The van der Waals surface area contributed by atoms with E-state index in [0.29, 0.717) is 4.90 Å². The van der Waals surface area contributed by atoms with Gasteiger partial charge < -0.3 is 5.11 Å². The number of imide groups is 1. The van der Waals surface area contributed by atoms with E-state index >= 15 is 0 Å². The van der Waals surface area contributed by atoms with Gasteiger partial charge in [-0.25, -0.2) is 19.1 Å². The Labute approximate surface area is 98.4 Å². The number of carbonyl (C=O) groups is 2. The monoisotopic (exact) mass is 264 g/mol. The van der Waals surface area contributed by atoms with Crippen LogP contribution in [-0.4, -0.2) is 27.0 Å². The molecular weight excluding hydrogens is 262 g/mol. The summed E-state index contributed by atoms with van der Waals surface area (Å²) < 4.78 is 13.5.